The van der Waals surface area contributed by atoms with Crippen molar-refractivity contribution in [3.05, 3.63) is 46.5 Å². The lowest BCUT2D eigenvalue weighted by Crippen LogP contribution is -2.29. The van der Waals surface area contributed by atoms with Crippen LogP contribution in [-0.2, 0) is 10.1 Å². The number of hydrogen-bond acceptors (Lipinski definition) is 6. The zero-order chi connectivity index (χ0) is 21.4. The van der Waals surface area contributed by atoms with Gasteiger partial charge in [0.1, 0.15) is 11.6 Å². The quantitative estimate of drug-likeness (QED) is 0.435. The Labute approximate surface area is 162 Å². The number of nitriles is 1. The minimum atomic E-state index is -6.03. The van der Waals surface area contributed by atoms with Crippen LogP contribution in [0, 0.1) is 16.2 Å². The van der Waals surface area contributed by atoms with Crippen molar-refractivity contribution in [1.82, 2.24) is 4.98 Å². The Morgan fingerprint density at radius 1 is 1.24 bits per heavy atom. The molecule has 0 aliphatic heterocycles. The van der Waals surface area contributed by atoms with Crippen LogP contribution in [0.15, 0.2) is 30.3 Å². The highest BCUT2D eigenvalue weighted by Gasteiger charge is 2.49. The zero-order valence-electron chi connectivity index (χ0n) is 14.5. The Balaban J connectivity index is 2.17. The maximum absolute atomic E-state index is 12.8. The van der Waals surface area contributed by atoms with Crippen molar-refractivity contribution in [1.29, 1.82) is 5.26 Å². The number of nitrogens with zero attached hydrogens (tertiary/aromatic N) is 3. The van der Waals surface area contributed by atoms with Crippen LogP contribution in [0.1, 0.15) is 36.4 Å². The van der Waals surface area contributed by atoms with Crippen molar-refractivity contribution in [2.24, 2.45) is 0 Å². The van der Waals surface area contributed by atoms with E-state index < -0.39 is 27.1 Å². The third-order valence-corrected chi connectivity index (χ3v) is 5.46. The van der Waals surface area contributed by atoms with Gasteiger partial charge in [0.05, 0.1) is 4.91 Å². The first kappa shape index (κ1) is 20.5. The fourth-order valence-electron chi connectivity index (χ4n) is 2.77. The van der Waals surface area contributed by atoms with Gasteiger partial charge in [-0.15, -0.1) is 0 Å². The number of benzene rings is 1. The third-order valence-electron chi connectivity index (χ3n) is 4.51. The van der Waals surface area contributed by atoms with Crippen LogP contribution in [0.25, 0.3) is 11.1 Å². The Morgan fingerprint density at radius 3 is 2.31 bits per heavy atom. The van der Waals surface area contributed by atoms with Gasteiger partial charge in [0.2, 0.25) is 0 Å². The standard InChI is InChI=1S/C17H13F3N3O5S/c18-17(19,20)29(26,27)28-16-14(9-21)13(8-15(22-16)11-2-1-3-11)10-4-6-12(7-5-10)23(24)25/h4-8,11H,1-3H2,(H,24,25)/q+1. The van der Waals surface area contributed by atoms with Gasteiger partial charge >= 0.3 is 21.3 Å². The normalized spacial score (nSPS) is 14.7. The van der Waals surface area contributed by atoms with E-state index in [4.69, 9.17) is 5.21 Å². The number of rotatable bonds is 5. The molecule has 1 saturated carbocycles. The highest BCUT2D eigenvalue weighted by molar-refractivity contribution is 7.87. The summed E-state index contributed by atoms with van der Waals surface area (Å²) in [6.07, 6.45) is 2.29. The Bertz CT molecular complexity index is 1100. The second-order valence-electron chi connectivity index (χ2n) is 6.32. The molecule has 0 unspecified atom stereocenters. The number of pyridine rings is 1. The molecule has 3 rings (SSSR count). The highest BCUT2D eigenvalue weighted by Crippen LogP contribution is 2.40. The van der Waals surface area contributed by atoms with Gasteiger partial charge in [-0.3, -0.25) is 0 Å². The van der Waals surface area contributed by atoms with Gasteiger partial charge in [-0.05, 0) is 36.6 Å². The molecule has 29 heavy (non-hydrogen) atoms. The van der Waals surface area contributed by atoms with Crippen LogP contribution in [0.3, 0.4) is 0 Å². The van der Waals surface area contributed by atoms with E-state index in [1.807, 2.05) is 0 Å². The molecule has 2 aromatic rings. The van der Waals surface area contributed by atoms with E-state index in [0.717, 1.165) is 6.42 Å². The molecule has 0 radical (unpaired) electrons. The maximum Gasteiger partial charge on any atom is 0.534 e. The van der Waals surface area contributed by atoms with Gasteiger partial charge in [-0.2, -0.15) is 26.9 Å². The molecule has 0 saturated heterocycles. The summed E-state index contributed by atoms with van der Waals surface area (Å²) in [6, 6.07) is 8.26. The van der Waals surface area contributed by atoms with Gasteiger partial charge in [0.15, 0.2) is 0 Å². The minimum Gasteiger partial charge on any atom is -0.354 e. The molecule has 1 aromatic carbocycles. The van der Waals surface area contributed by atoms with Gasteiger partial charge in [-0.1, -0.05) is 6.42 Å². The van der Waals surface area contributed by atoms with Crippen LogP contribution >= 0.6 is 0 Å². The summed E-state index contributed by atoms with van der Waals surface area (Å²) in [4.78, 5) is 14.4. The summed E-state index contributed by atoms with van der Waals surface area (Å²) in [5.41, 5.74) is -5.61. The van der Waals surface area contributed by atoms with Crippen LogP contribution in [0.5, 0.6) is 5.88 Å². The number of alkyl halides is 3. The molecule has 152 valence electrons. The number of aromatic nitrogens is 1. The Morgan fingerprint density at radius 2 is 1.86 bits per heavy atom. The van der Waals surface area contributed by atoms with Gasteiger partial charge < -0.3 is 4.18 Å². The molecule has 0 spiro atoms. The topological polar surface area (TPSA) is 120 Å². The molecule has 1 aliphatic rings. The second kappa shape index (κ2) is 7.32. The van der Waals surface area contributed by atoms with Crippen LogP contribution < -0.4 is 4.18 Å². The molecular weight excluding hydrogens is 415 g/mol. The fourth-order valence-corrected chi connectivity index (χ4v) is 3.19. The summed E-state index contributed by atoms with van der Waals surface area (Å²) in [5, 5.41) is 18.4. The molecule has 0 bridgehead atoms. The summed E-state index contributed by atoms with van der Waals surface area (Å²) >= 11 is 0. The first-order valence-corrected chi connectivity index (χ1v) is 9.66. The SMILES string of the molecule is N#Cc1c(-c2ccc([N+](=O)O)cc2)cc(C2CCC2)nc1OS(=O)(=O)C(F)(F)F. The molecule has 8 nitrogen and oxygen atoms in total. The van der Waals surface area contributed by atoms with E-state index in [2.05, 4.69) is 9.17 Å². The summed E-state index contributed by atoms with van der Waals surface area (Å²) < 4.78 is 65.4. The van der Waals surface area contributed by atoms with Crippen LogP contribution in [0.4, 0.5) is 18.9 Å². The molecule has 1 fully saturated rings. The molecule has 1 heterocycles. The predicted molar refractivity (Wildman–Crippen MR) is 91.7 cm³/mol. The largest absolute Gasteiger partial charge is 0.534 e. The number of halogens is 3. The van der Waals surface area contributed by atoms with Crippen LogP contribution in [-0.4, -0.2) is 29.0 Å². The smallest absolute Gasteiger partial charge is 0.354 e. The van der Waals surface area contributed by atoms with Crippen molar-refractivity contribution in [3.63, 3.8) is 0 Å². The maximum atomic E-state index is 12.8. The van der Waals surface area contributed by atoms with Crippen molar-refractivity contribution < 1.29 is 35.9 Å². The average Bonchev–Trinajstić information content (AvgIpc) is 2.58. The Kier molecular flexibility index (Phi) is 5.18. The van der Waals surface area contributed by atoms with E-state index in [0.29, 0.717) is 24.1 Å². The molecular formula is C17H13F3N3O5S+. The van der Waals surface area contributed by atoms with Crippen molar-refractivity contribution >= 4 is 15.8 Å². The summed E-state index contributed by atoms with van der Waals surface area (Å²) in [7, 11) is -6.03. The van der Waals surface area contributed by atoms with E-state index in [1.165, 1.54) is 30.3 Å². The third kappa shape index (κ3) is 4.00. The first-order chi connectivity index (χ1) is 13.5. The van der Waals surface area contributed by atoms with E-state index >= 15 is 0 Å². The number of hydrogen-bond donors (Lipinski definition) is 1. The van der Waals surface area contributed by atoms with E-state index in [9.17, 15) is 31.8 Å². The van der Waals surface area contributed by atoms with E-state index in [-0.39, 0.29) is 22.1 Å². The fraction of sp³-hybridized carbons (Fsp3) is 0.294. The lowest BCUT2D eigenvalue weighted by atomic mass is 9.81. The molecule has 0 amide bonds. The van der Waals surface area contributed by atoms with Gasteiger partial charge in [0.25, 0.3) is 10.8 Å². The zero-order valence-corrected chi connectivity index (χ0v) is 15.4. The second-order valence-corrected chi connectivity index (χ2v) is 7.86. The molecule has 1 aromatic heterocycles. The lowest BCUT2D eigenvalue weighted by Gasteiger charge is -2.26. The minimum absolute atomic E-state index is 0.0960. The lowest BCUT2D eigenvalue weighted by molar-refractivity contribution is -0.729. The first-order valence-electron chi connectivity index (χ1n) is 8.26. The highest BCUT2D eigenvalue weighted by atomic mass is 32.2. The van der Waals surface area contributed by atoms with E-state index in [1.54, 1.807) is 6.07 Å². The predicted octanol–water partition coefficient (Wildman–Crippen LogP) is 3.92. The molecule has 1 N–H and O–H groups in total. The van der Waals surface area contributed by atoms with Gasteiger partial charge in [-0.25, -0.2) is 10.2 Å². The molecule has 0 atom stereocenters. The average molecular weight is 428 g/mol. The monoisotopic (exact) mass is 428 g/mol. The summed E-state index contributed by atoms with van der Waals surface area (Å²) in [6.45, 7) is 0. The van der Waals surface area contributed by atoms with Crippen molar-refractivity contribution in [2.75, 3.05) is 0 Å². The van der Waals surface area contributed by atoms with Gasteiger partial charge in [0, 0.05) is 29.3 Å². The Hall–Kier alpha value is -3.20. The molecule has 1 aliphatic carbocycles. The van der Waals surface area contributed by atoms with Crippen LogP contribution in [0.2, 0.25) is 0 Å². The summed E-state index contributed by atoms with van der Waals surface area (Å²) in [5.74, 6) is -1.06. The molecule has 12 heteroatoms. The van der Waals surface area contributed by atoms with Crippen molar-refractivity contribution in [3.8, 4) is 23.1 Å². The van der Waals surface area contributed by atoms with Crippen molar-refractivity contribution in [2.45, 2.75) is 30.7 Å².